The zero-order valence-corrected chi connectivity index (χ0v) is 12.1. The van der Waals surface area contributed by atoms with Crippen molar-refractivity contribution in [1.82, 2.24) is 10.2 Å². The fourth-order valence-electron chi connectivity index (χ4n) is 2.39. The summed E-state index contributed by atoms with van der Waals surface area (Å²) >= 11 is 0. The largest absolute Gasteiger partial charge is 0.490 e. The summed E-state index contributed by atoms with van der Waals surface area (Å²) in [5.41, 5.74) is -0.429. The maximum Gasteiger partial charge on any atom is 0.407 e. The third-order valence-corrected chi connectivity index (χ3v) is 3.52. The molecule has 2 rings (SSSR count). The Bertz CT molecular complexity index is 648. The number of methoxy groups -OCH3 is 1. The first-order chi connectivity index (χ1) is 10.8. The topological polar surface area (TPSA) is 142 Å². The number of nitrogens with one attached hydrogen (secondary N) is 1. The number of nitrogens with zero attached hydrogens (tertiary/aromatic N) is 2. The van der Waals surface area contributed by atoms with Crippen molar-refractivity contribution < 1.29 is 29.5 Å². The minimum Gasteiger partial charge on any atom is -0.490 e. The van der Waals surface area contributed by atoms with Crippen molar-refractivity contribution in [3.63, 3.8) is 0 Å². The molecule has 1 aromatic rings. The SMILES string of the molecule is COc1c(C(=O)NC2CN(C(=O)O)CC2O)cccc1[N+](=O)[O-]. The molecule has 124 valence electrons. The molecule has 0 aromatic heterocycles. The van der Waals surface area contributed by atoms with Gasteiger partial charge in [0.05, 0.1) is 36.3 Å². The number of benzene rings is 1. The zero-order valence-electron chi connectivity index (χ0n) is 12.1. The quantitative estimate of drug-likeness (QED) is 0.524. The number of aliphatic hydroxyl groups excluding tert-OH is 1. The molecule has 0 radical (unpaired) electrons. The number of nitro benzene ring substituents is 1. The molecule has 0 spiro atoms. The van der Waals surface area contributed by atoms with Gasteiger partial charge in [-0.3, -0.25) is 14.9 Å². The predicted molar refractivity (Wildman–Crippen MR) is 76.5 cm³/mol. The zero-order chi connectivity index (χ0) is 17.1. The summed E-state index contributed by atoms with van der Waals surface area (Å²) in [6.45, 7) is -0.189. The van der Waals surface area contributed by atoms with Crippen LogP contribution in [0.3, 0.4) is 0 Å². The van der Waals surface area contributed by atoms with Crippen LogP contribution in [-0.4, -0.2) is 64.4 Å². The molecule has 2 atom stereocenters. The summed E-state index contributed by atoms with van der Waals surface area (Å²) in [7, 11) is 1.20. The van der Waals surface area contributed by atoms with Crippen LogP contribution in [0, 0.1) is 10.1 Å². The smallest absolute Gasteiger partial charge is 0.407 e. The van der Waals surface area contributed by atoms with E-state index in [-0.39, 0.29) is 30.1 Å². The number of likely N-dealkylation sites (tertiary alicyclic amines) is 1. The van der Waals surface area contributed by atoms with Crippen molar-refractivity contribution in [3.05, 3.63) is 33.9 Å². The summed E-state index contributed by atoms with van der Waals surface area (Å²) in [6, 6.07) is 3.08. The van der Waals surface area contributed by atoms with E-state index in [0.29, 0.717) is 0 Å². The first-order valence-corrected chi connectivity index (χ1v) is 6.63. The van der Waals surface area contributed by atoms with Gasteiger partial charge in [0.1, 0.15) is 0 Å². The molecule has 23 heavy (non-hydrogen) atoms. The minimum atomic E-state index is -1.20. The molecular formula is C13H15N3O7. The Morgan fingerprint density at radius 1 is 1.43 bits per heavy atom. The van der Waals surface area contributed by atoms with E-state index in [1.807, 2.05) is 0 Å². The summed E-state index contributed by atoms with van der Waals surface area (Å²) < 4.78 is 4.94. The van der Waals surface area contributed by atoms with E-state index < -0.39 is 29.1 Å². The van der Waals surface area contributed by atoms with Gasteiger partial charge >= 0.3 is 11.8 Å². The second-order valence-corrected chi connectivity index (χ2v) is 4.95. The molecule has 10 heteroatoms. The fraction of sp³-hybridized carbons (Fsp3) is 0.385. The van der Waals surface area contributed by atoms with Crippen LogP contribution >= 0.6 is 0 Å². The molecule has 1 heterocycles. The second-order valence-electron chi connectivity index (χ2n) is 4.95. The van der Waals surface area contributed by atoms with Crippen molar-refractivity contribution in [2.24, 2.45) is 0 Å². The van der Waals surface area contributed by atoms with Crippen molar-refractivity contribution >= 4 is 17.7 Å². The molecule has 1 saturated heterocycles. The van der Waals surface area contributed by atoms with Crippen LogP contribution in [0.4, 0.5) is 10.5 Å². The Kier molecular flexibility index (Phi) is 4.65. The lowest BCUT2D eigenvalue weighted by molar-refractivity contribution is -0.385. The molecule has 0 aliphatic carbocycles. The number of carbonyl (C=O) groups is 2. The lowest BCUT2D eigenvalue weighted by atomic mass is 10.1. The van der Waals surface area contributed by atoms with Gasteiger partial charge < -0.3 is 25.2 Å². The highest BCUT2D eigenvalue weighted by Gasteiger charge is 2.35. The van der Waals surface area contributed by atoms with E-state index in [4.69, 9.17) is 9.84 Å². The average Bonchev–Trinajstić information content (AvgIpc) is 2.87. The summed E-state index contributed by atoms with van der Waals surface area (Å²) in [4.78, 5) is 34.4. The van der Waals surface area contributed by atoms with Crippen molar-refractivity contribution in [2.45, 2.75) is 12.1 Å². The van der Waals surface area contributed by atoms with Crippen LogP contribution in [0.15, 0.2) is 18.2 Å². The van der Waals surface area contributed by atoms with Crippen LogP contribution in [-0.2, 0) is 0 Å². The fourth-order valence-corrected chi connectivity index (χ4v) is 2.39. The summed E-state index contributed by atoms with van der Waals surface area (Å²) in [5, 5.41) is 32.1. The molecule has 1 aliphatic rings. The number of hydrogen-bond acceptors (Lipinski definition) is 6. The minimum absolute atomic E-state index is 0.0670. The molecule has 1 aliphatic heterocycles. The third-order valence-electron chi connectivity index (χ3n) is 3.52. The Morgan fingerprint density at radius 3 is 2.65 bits per heavy atom. The number of aliphatic hydroxyl groups is 1. The Morgan fingerprint density at radius 2 is 2.13 bits per heavy atom. The maximum absolute atomic E-state index is 12.3. The summed E-state index contributed by atoms with van der Waals surface area (Å²) in [6.07, 6.45) is -2.26. The number of para-hydroxylation sites is 1. The molecule has 0 saturated carbocycles. The lowest BCUT2D eigenvalue weighted by Gasteiger charge is -2.16. The van der Waals surface area contributed by atoms with Gasteiger partial charge in [-0.15, -0.1) is 0 Å². The van der Waals surface area contributed by atoms with Crippen LogP contribution in [0.5, 0.6) is 5.75 Å². The number of hydrogen-bond donors (Lipinski definition) is 3. The van der Waals surface area contributed by atoms with Gasteiger partial charge in [0.2, 0.25) is 5.75 Å². The van der Waals surface area contributed by atoms with Gasteiger partial charge in [-0.05, 0) is 6.07 Å². The molecular weight excluding hydrogens is 310 g/mol. The van der Waals surface area contributed by atoms with Gasteiger partial charge in [-0.2, -0.15) is 0 Å². The number of nitro groups is 1. The van der Waals surface area contributed by atoms with Crippen LogP contribution < -0.4 is 10.1 Å². The normalized spacial score (nSPS) is 20.2. The Balaban J connectivity index is 2.20. The van der Waals surface area contributed by atoms with Gasteiger partial charge in [0, 0.05) is 12.6 Å². The van der Waals surface area contributed by atoms with Gasteiger partial charge in [0.15, 0.2) is 0 Å². The van der Waals surface area contributed by atoms with Gasteiger partial charge in [0.25, 0.3) is 5.91 Å². The standard InChI is InChI=1S/C13H15N3O7/c1-23-11-7(3-2-4-9(11)16(21)22)12(18)14-8-5-15(13(19)20)6-10(8)17/h2-4,8,10,17H,5-6H2,1H3,(H,14,18)(H,19,20). The van der Waals surface area contributed by atoms with E-state index in [1.165, 1.54) is 25.3 Å². The highest BCUT2D eigenvalue weighted by Crippen LogP contribution is 2.30. The highest BCUT2D eigenvalue weighted by atomic mass is 16.6. The first kappa shape index (κ1) is 16.5. The van der Waals surface area contributed by atoms with Crippen LogP contribution in [0.25, 0.3) is 0 Å². The third kappa shape index (κ3) is 3.31. The van der Waals surface area contributed by atoms with E-state index in [9.17, 15) is 24.8 Å². The van der Waals surface area contributed by atoms with E-state index in [0.717, 1.165) is 4.90 Å². The van der Waals surface area contributed by atoms with Crippen molar-refractivity contribution in [1.29, 1.82) is 0 Å². The molecule has 0 bridgehead atoms. The number of ether oxygens (including phenoxy) is 1. The molecule has 2 amide bonds. The first-order valence-electron chi connectivity index (χ1n) is 6.63. The van der Waals surface area contributed by atoms with Crippen LogP contribution in [0.1, 0.15) is 10.4 Å². The van der Waals surface area contributed by atoms with Crippen molar-refractivity contribution in [2.75, 3.05) is 20.2 Å². The lowest BCUT2D eigenvalue weighted by Crippen LogP contribution is -2.43. The number of rotatable bonds is 4. The maximum atomic E-state index is 12.3. The number of carbonyl (C=O) groups excluding carboxylic acids is 1. The molecule has 2 unspecified atom stereocenters. The average molecular weight is 325 g/mol. The van der Waals surface area contributed by atoms with Gasteiger partial charge in [-0.25, -0.2) is 4.79 Å². The Labute approximate surface area is 130 Å². The highest BCUT2D eigenvalue weighted by molar-refractivity contribution is 5.98. The van der Waals surface area contributed by atoms with E-state index in [1.54, 1.807) is 0 Å². The second kappa shape index (κ2) is 6.48. The van der Waals surface area contributed by atoms with Gasteiger partial charge in [-0.1, -0.05) is 6.07 Å². The number of amides is 2. The van der Waals surface area contributed by atoms with Crippen molar-refractivity contribution in [3.8, 4) is 5.75 Å². The number of β-amino-alcohol motifs (C(OH)–C–C–N with tert-alkyl or cyclic N) is 1. The van der Waals surface area contributed by atoms with E-state index >= 15 is 0 Å². The molecule has 10 nitrogen and oxygen atoms in total. The van der Waals surface area contributed by atoms with E-state index in [2.05, 4.69) is 5.32 Å². The summed E-state index contributed by atoms with van der Waals surface area (Å²) in [5.74, 6) is -0.889. The van der Waals surface area contributed by atoms with Crippen LogP contribution in [0.2, 0.25) is 0 Å². The molecule has 1 aromatic carbocycles. The monoisotopic (exact) mass is 325 g/mol. The molecule has 1 fully saturated rings. The molecule has 3 N–H and O–H groups in total. The Hall–Kier alpha value is -2.88. The number of carboxylic acid groups (broad SMARTS) is 1. The predicted octanol–water partition coefficient (Wildman–Crippen LogP) is 0.0563.